The summed E-state index contributed by atoms with van der Waals surface area (Å²) in [5.74, 6) is 1.40. The SMILES string of the molecule is CCC(c1ccc(Cl)s1)C(C)C. The molecule has 0 aliphatic heterocycles. The number of rotatable bonds is 3. The summed E-state index contributed by atoms with van der Waals surface area (Å²) in [6.07, 6.45) is 1.20. The zero-order valence-corrected chi connectivity index (χ0v) is 9.38. The molecule has 0 fully saturated rings. The van der Waals surface area contributed by atoms with Crippen molar-refractivity contribution in [2.24, 2.45) is 5.92 Å². The summed E-state index contributed by atoms with van der Waals surface area (Å²) >= 11 is 7.60. The quantitative estimate of drug-likeness (QED) is 0.675. The van der Waals surface area contributed by atoms with Crippen LogP contribution in [0, 0.1) is 5.92 Å². The lowest BCUT2D eigenvalue weighted by molar-refractivity contribution is 0.492. The fourth-order valence-corrected chi connectivity index (χ4v) is 2.95. The molecule has 0 bridgehead atoms. The van der Waals surface area contributed by atoms with Gasteiger partial charge >= 0.3 is 0 Å². The molecule has 12 heavy (non-hydrogen) atoms. The Morgan fingerprint density at radius 2 is 2.08 bits per heavy atom. The first-order valence-electron chi connectivity index (χ1n) is 4.40. The molecular formula is C10H15ClS. The fraction of sp³-hybridized carbons (Fsp3) is 0.600. The summed E-state index contributed by atoms with van der Waals surface area (Å²) in [5.41, 5.74) is 0. The molecule has 1 unspecified atom stereocenters. The van der Waals surface area contributed by atoms with E-state index >= 15 is 0 Å². The van der Waals surface area contributed by atoms with Crippen LogP contribution in [-0.2, 0) is 0 Å². The molecule has 0 aliphatic rings. The van der Waals surface area contributed by atoms with Gasteiger partial charge in [0.2, 0.25) is 0 Å². The average molecular weight is 203 g/mol. The molecule has 0 saturated heterocycles. The van der Waals surface area contributed by atoms with Crippen molar-refractivity contribution < 1.29 is 0 Å². The van der Waals surface area contributed by atoms with Gasteiger partial charge in [-0.15, -0.1) is 11.3 Å². The Morgan fingerprint density at radius 1 is 1.42 bits per heavy atom. The van der Waals surface area contributed by atoms with E-state index in [1.165, 1.54) is 11.3 Å². The van der Waals surface area contributed by atoms with Gasteiger partial charge in [0.05, 0.1) is 4.34 Å². The highest BCUT2D eigenvalue weighted by Crippen LogP contribution is 2.34. The summed E-state index contributed by atoms with van der Waals surface area (Å²) < 4.78 is 0.907. The lowest BCUT2D eigenvalue weighted by Crippen LogP contribution is -2.02. The van der Waals surface area contributed by atoms with E-state index in [9.17, 15) is 0 Å². The Balaban J connectivity index is 2.80. The van der Waals surface area contributed by atoms with Crippen LogP contribution in [-0.4, -0.2) is 0 Å². The Bertz CT molecular complexity index is 240. The summed E-state index contributed by atoms with van der Waals surface area (Å²) in [7, 11) is 0. The molecule has 1 aromatic heterocycles. The number of hydrogen-bond donors (Lipinski definition) is 0. The second-order valence-corrected chi connectivity index (χ2v) is 5.15. The Morgan fingerprint density at radius 3 is 2.42 bits per heavy atom. The predicted octanol–water partition coefficient (Wildman–Crippen LogP) is 4.55. The van der Waals surface area contributed by atoms with E-state index in [0.717, 1.165) is 4.34 Å². The molecule has 1 heterocycles. The van der Waals surface area contributed by atoms with E-state index in [-0.39, 0.29) is 0 Å². The van der Waals surface area contributed by atoms with E-state index < -0.39 is 0 Å². The fourth-order valence-electron chi connectivity index (χ4n) is 1.53. The highest BCUT2D eigenvalue weighted by molar-refractivity contribution is 7.16. The van der Waals surface area contributed by atoms with Crippen molar-refractivity contribution >= 4 is 22.9 Å². The Hall–Kier alpha value is -0.0100. The molecular weight excluding hydrogens is 188 g/mol. The third-order valence-electron chi connectivity index (χ3n) is 2.20. The van der Waals surface area contributed by atoms with Crippen LogP contribution in [0.2, 0.25) is 4.34 Å². The van der Waals surface area contributed by atoms with E-state index in [2.05, 4.69) is 26.8 Å². The van der Waals surface area contributed by atoms with Gasteiger partial charge in [-0.05, 0) is 30.4 Å². The van der Waals surface area contributed by atoms with Gasteiger partial charge in [-0.3, -0.25) is 0 Å². The maximum absolute atomic E-state index is 5.88. The van der Waals surface area contributed by atoms with Gasteiger partial charge in [0.15, 0.2) is 0 Å². The monoisotopic (exact) mass is 202 g/mol. The van der Waals surface area contributed by atoms with E-state index in [1.54, 1.807) is 11.3 Å². The highest BCUT2D eigenvalue weighted by atomic mass is 35.5. The first-order valence-corrected chi connectivity index (χ1v) is 5.59. The normalized spacial score (nSPS) is 13.8. The van der Waals surface area contributed by atoms with E-state index in [4.69, 9.17) is 11.6 Å². The van der Waals surface area contributed by atoms with Gasteiger partial charge in [-0.25, -0.2) is 0 Å². The molecule has 0 aromatic carbocycles. The molecule has 0 aliphatic carbocycles. The van der Waals surface area contributed by atoms with Crippen LogP contribution in [0.3, 0.4) is 0 Å². The topological polar surface area (TPSA) is 0 Å². The third-order valence-corrected chi connectivity index (χ3v) is 3.57. The molecule has 1 aromatic rings. The van der Waals surface area contributed by atoms with Crippen LogP contribution in [0.25, 0.3) is 0 Å². The van der Waals surface area contributed by atoms with Crippen LogP contribution < -0.4 is 0 Å². The van der Waals surface area contributed by atoms with Crippen molar-refractivity contribution in [3.63, 3.8) is 0 Å². The van der Waals surface area contributed by atoms with Gasteiger partial charge < -0.3 is 0 Å². The number of hydrogen-bond acceptors (Lipinski definition) is 1. The van der Waals surface area contributed by atoms with Crippen molar-refractivity contribution in [3.05, 3.63) is 21.3 Å². The molecule has 0 radical (unpaired) electrons. The summed E-state index contributed by atoms with van der Waals surface area (Å²) in [6.45, 7) is 6.77. The minimum atomic E-state index is 0.683. The van der Waals surface area contributed by atoms with E-state index in [0.29, 0.717) is 11.8 Å². The minimum absolute atomic E-state index is 0.683. The summed E-state index contributed by atoms with van der Waals surface area (Å²) in [5, 5.41) is 0. The molecule has 68 valence electrons. The highest BCUT2D eigenvalue weighted by Gasteiger charge is 2.14. The van der Waals surface area contributed by atoms with Gasteiger partial charge in [0.25, 0.3) is 0 Å². The molecule has 0 nitrogen and oxygen atoms in total. The van der Waals surface area contributed by atoms with Gasteiger partial charge in [0, 0.05) is 4.88 Å². The number of halogens is 1. The Kier molecular flexibility index (Phi) is 3.60. The predicted molar refractivity (Wildman–Crippen MR) is 57.2 cm³/mol. The lowest BCUT2D eigenvalue weighted by Gasteiger charge is -2.16. The van der Waals surface area contributed by atoms with Crippen LogP contribution >= 0.6 is 22.9 Å². The molecule has 1 atom stereocenters. The molecule has 2 heteroatoms. The summed E-state index contributed by atoms with van der Waals surface area (Å²) in [4.78, 5) is 1.43. The average Bonchev–Trinajstić information content (AvgIpc) is 2.37. The molecule has 0 N–H and O–H groups in total. The molecule has 0 spiro atoms. The minimum Gasteiger partial charge on any atom is -0.128 e. The van der Waals surface area contributed by atoms with Gasteiger partial charge in [-0.2, -0.15) is 0 Å². The first kappa shape index (κ1) is 10.1. The maximum Gasteiger partial charge on any atom is 0.0931 e. The zero-order valence-electron chi connectivity index (χ0n) is 7.80. The van der Waals surface area contributed by atoms with Crippen molar-refractivity contribution in [2.75, 3.05) is 0 Å². The number of thiophene rings is 1. The first-order chi connectivity index (χ1) is 5.65. The van der Waals surface area contributed by atoms with Crippen LogP contribution in [0.4, 0.5) is 0 Å². The smallest absolute Gasteiger partial charge is 0.0931 e. The van der Waals surface area contributed by atoms with Gasteiger partial charge in [-0.1, -0.05) is 32.4 Å². The molecule has 1 rings (SSSR count). The molecule has 0 amide bonds. The second kappa shape index (κ2) is 4.29. The van der Waals surface area contributed by atoms with Crippen molar-refractivity contribution in [1.29, 1.82) is 0 Å². The second-order valence-electron chi connectivity index (χ2n) is 3.40. The third kappa shape index (κ3) is 2.24. The van der Waals surface area contributed by atoms with Gasteiger partial charge in [0.1, 0.15) is 0 Å². The maximum atomic E-state index is 5.88. The van der Waals surface area contributed by atoms with E-state index in [1.807, 2.05) is 6.07 Å². The summed E-state index contributed by atoms with van der Waals surface area (Å²) in [6, 6.07) is 4.15. The zero-order chi connectivity index (χ0) is 9.14. The standard InChI is InChI=1S/C10H15ClS/c1-4-8(7(2)3)9-5-6-10(11)12-9/h5-8H,4H2,1-3H3. The molecule has 0 saturated carbocycles. The van der Waals surface area contributed by atoms with Crippen LogP contribution in [0.1, 0.15) is 38.0 Å². The largest absolute Gasteiger partial charge is 0.128 e. The Labute approximate surface area is 83.6 Å². The lowest BCUT2D eigenvalue weighted by atomic mass is 9.92. The van der Waals surface area contributed by atoms with Crippen LogP contribution in [0.15, 0.2) is 12.1 Å². The van der Waals surface area contributed by atoms with Crippen LogP contribution in [0.5, 0.6) is 0 Å². The van der Waals surface area contributed by atoms with Crippen molar-refractivity contribution in [1.82, 2.24) is 0 Å². The van der Waals surface area contributed by atoms with Crippen molar-refractivity contribution in [2.45, 2.75) is 33.1 Å². The van der Waals surface area contributed by atoms with Crippen molar-refractivity contribution in [3.8, 4) is 0 Å².